The van der Waals surface area contributed by atoms with Crippen molar-refractivity contribution in [2.45, 2.75) is 26.4 Å². The molecule has 0 saturated carbocycles. The highest BCUT2D eigenvalue weighted by molar-refractivity contribution is 7.09. The molecule has 2 aromatic rings. The summed E-state index contributed by atoms with van der Waals surface area (Å²) in [6.07, 6.45) is 1.73. The van der Waals surface area contributed by atoms with Gasteiger partial charge < -0.3 is 16.0 Å². The molecule has 21 heavy (non-hydrogen) atoms. The SMILES string of the molecule is CCNC(C)c1cccc(NC(=O)NCc2nccs2)c1. The fourth-order valence-corrected chi connectivity index (χ4v) is 2.54. The second-order valence-electron chi connectivity index (χ2n) is 4.64. The maximum Gasteiger partial charge on any atom is 0.319 e. The number of carbonyl (C=O) groups is 1. The molecule has 5 nitrogen and oxygen atoms in total. The molecule has 0 aliphatic carbocycles. The Balaban J connectivity index is 1.89. The lowest BCUT2D eigenvalue weighted by Gasteiger charge is -2.14. The van der Waals surface area contributed by atoms with Crippen LogP contribution < -0.4 is 16.0 Å². The van der Waals surface area contributed by atoms with Crippen LogP contribution in [0.25, 0.3) is 0 Å². The van der Waals surface area contributed by atoms with E-state index in [0.717, 1.165) is 22.8 Å². The highest BCUT2D eigenvalue weighted by atomic mass is 32.1. The predicted octanol–water partition coefficient (Wildman–Crippen LogP) is 3.14. The molecule has 2 amide bonds. The van der Waals surface area contributed by atoms with Gasteiger partial charge in [0, 0.05) is 23.3 Å². The Kier molecular flexibility index (Phi) is 5.71. The van der Waals surface area contributed by atoms with Gasteiger partial charge in [0.05, 0.1) is 6.54 Å². The van der Waals surface area contributed by atoms with Crippen LogP contribution in [-0.2, 0) is 6.54 Å². The summed E-state index contributed by atoms with van der Waals surface area (Å²) in [5.41, 5.74) is 1.93. The van der Waals surface area contributed by atoms with Crippen molar-refractivity contribution in [2.24, 2.45) is 0 Å². The summed E-state index contributed by atoms with van der Waals surface area (Å²) in [4.78, 5) is 16.0. The number of carbonyl (C=O) groups excluding carboxylic acids is 1. The van der Waals surface area contributed by atoms with Gasteiger partial charge in [0.25, 0.3) is 0 Å². The number of hydrogen-bond acceptors (Lipinski definition) is 4. The van der Waals surface area contributed by atoms with E-state index in [2.05, 4.69) is 34.8 Å². The topological polar surface area (TPSA) is 66.0 Å². The molecule has 1 heterocycles. The van der Waals surface area contributed by atoms with Gasteiger partial charge in [0.15, 0.2) is 0 Å². The maximum atomic E-state index is 11.9. The average Bonchev–Trinajstić information content (AvgIpc) is 2.99. The van der Waals surface area contributed by atoms with Crippen LogP contribution >= 0.6 is 11.3 Å². The Hall–Kier alpha value is -1.92. The third-order valence-electron chi connectivity index (χ3n) is 3.04. The highest BCUT2D eigenvalue weighted by Gasteiger charge is 2.06. The van der Waals surface area contributed by atoms with Crippen molar-refractivity contribution in [3.8, 4) is 0 Å². The number of amides is 2. The van der Waals surface area contributed by atoms with Crippen LogP contribution in [-0.4, -0.2) is 17.6 Å². The van der Waals surface area contributed by atoms with Crippen LogP contribution in [0.15, 0.2) is 35.8 Å². The van der Waals surface area contributed by atoms with E-state index in [1.165, 1.54) is 11.3 Å². The van der Waals surface area contributed by atoms with Crippen molar-refractivity contribution in [1.29, 1.82) is 0 Å². The zero-order chi connectivity index (χ0) is 15.1. The molecule has 0 fully saturated rings. The Morgan fingerprint density at radius 1 is 1.43 bits per heavy atom. The molecule has 0 spiro atoms. The molecule has 1 atom stereocenters. The lowest BCUT2D eigenvalue weighted by Crippen LogP contribution is -2.28. The molecular weight excluding hydrogens is 284 g/mol. The van der Waals surface area contributed by atoms with E-state index in [1.54, 1.807) is 6.20 Å². The van der Waals surface area contributed by atoms with Gasteiger partial charge in [-0.15, -0.1) is 11.3 Å². The van der Waals surface area contributed by atoms with Crippen molar-refractivity contribution in [2.75, 3.05) is 11.9 Å². The second-order valence-corrected chi connectivity index (χ2v) is 5.62. The largest absolute Gasteiger partial charge is 0.331 e. The fourth-order valence-electron chi connectivity index (χ4n) is 1.98. The summed E-state index contributed by atoms with van der Waals surface area (Å²) in [7, 11) is 0. The first-order chi connectivity index (χ1) is 10.2. The van der Waals surface area contributed by atoms with E-state index in [9.17, 15) is 4.79 Å². The van der Waals surface area contributed by atoms with Crippen LogP contribution in [0.3, 0.4) is 0 Å². The molecule has 6 heteroatoms. The van der Waals surface area contributed by atoms with Crippen molar-refractivity contribution < 1.29 is 4.79 Å². The van der Waals surface area contributed by atoms with Crippen LogP contribution in [0.4, 0.5) is 10.5 Å². The third-order valence-corrected chi connectivity index (χ3v) is 3.82. The third kappa shape index (κ3) is 4.84. The summed E-state index contributed by atoms with van der Waals surface area (Å²) >= 11 is 1.52. The number of aromatic nitrogens is 1. The molecule has 0 radical (unpaired) electrons. The minimum atomic E-state index is -0.224. The molecule has 3 N–H and O–H groups in total. The quantitative estimate of drug-likeness (QED) is 0.768. The number of anilines is 1. The van der Waals surface area contributed by atoms with Crippen LogP contribution in [0, 0.1) is 0 Å². The first-order valence-corrected chi connectivity index (χ1v) is 7.83. The summed E-state index contributed by atoms with van der Waals surface area (Å²) in [6.45, 7) is 5.53. The Bertz CT molecular complexity index is 571. The van der Waals surface area contributed by atoms with Gasteiger partial charge in [-0.05, 0) is 31.2 Å². The molecule has 1 aromatic carbocycles. The van der Waals surface area contributed by atoms with E-state index < -0.39 is 0 Å². The first kappa shape index (κ1) is 15.5. The number of thiazole rings is 1. The van der Waals surface area contributed by atoms with Gasteiger partial charge in [-0.25, -0.2) is 9.78 Å². The van der Waals surface area contributed by atoms with Crippen molar-refractivity contribution in [3.05, 3.63) is 46.4 Å². The average molecular weight is 304 g/mol. The number of benzene rings is 1. The first-order valence-electron chi connectivity index (χ1n) is 6.95. The van der Waals surface area contributed by atoms with Crippen LogP contribution in [0.5, 0.6) is 0 Å². The number of urea groups is 1. The second kappa shape index (κ2) is 7.75. The zero-order valence-electron chi connectivity index (χ0n) is 12.2. The molecule has 0 saturated heterocycles. The summed E-state index contributed by atoms with van der Waals surface area (Å²) in [6, 6.07) is 7.89. The molecule has 0 aliphatic rings. The Morgan fingerprint density at radius 2 is 2.29 bits per heavy atom. The standard InChI is InChI=1S/C15H20N4OS/c1-3-16-11(2)12-5-4-6-13(9-12)19-15(20)18-10-14-17-7-8-21-14/h4-9,11,16H,3,10H2,1-2H3,(H2,18,19,20). The number of rotatable bonds is 6. The zero-order valence-corrected chi connectivity index (χ0v) is 13.0. The maximum absolute atomic E-state index is 11.9. The predicted molar refractivity (Wildman–Crippen MR) is 86.5 cm³/mol. The minimum Gasteiger partial charge on any atom is -0.331 e. The number of nitrogens with zero attached hydrogens (tertiary/aromatic N) is 1. The Morgan fingerprint density at radius 3 is 3.00 bits per heavy atom. The van der Waals surface area contributed by atoms with Gasteiger partial charge in [-0.2, -0.15) is 0 Å². The van der Waals surface area contributed by atoms with Gasteiger partial charge in [-0.3, -0.25) is 0 Å². The normalized spacial score (nSPS) is 11.9. The highest BCUT2D eigenvalue weighted by Crippen LogP contribution is 2.17. The molecule has 2 rings (SSSR count). The molecule has 1 aromatic heterocycles. The summed E-state index contributed by atoms with van der Waals surface area (Å²) < 4.78 is 0. The molecule has 0 bridgehead atoms. The summed E-state index contributed by atoms with van der Waals surface area (Å²) in [5, 5.41) is 11.8. The van der Waals surface area contributed by atoms with E-state index in [4.69, 9.17) is 0 Å². The number of nitrogens with one attached hydrogen (secondary N) is 3. The van der Waals surface area contributed by atoms with E-state index in [-0.39, 0.29) is 12.1 Å². The Labute approximate surface area is 128 Å². The van der Waals surface area contributed by atoms with Gasteiger partial charge >= 0.3 is 6.03 Å². The van der Waals surface area contributed by atoms with E-state index in [1.807, 2.05) is 29.6 Å². The molecular formula is C15H20N4OS. The van der Waals surface area contributed by atoms with Crippen molar-refractivity contribution in [1.82, 2.24) is 15.6 Å². The lowest BCUT2D eigenvalue weighted by molar-refractivity contribution is 0.251. The van der Waals surface area contributed by atoms with Gasteiger partial charge in [0.2, 0.25) is 0 Å². The van der Waals surface area contributed by atoms with Crippen molar-refractivity contribution in [3.63, 3.8) is 0 Å². The molecule has 112 valence electrons. The number of hydrogen-bond donors (Lipinski definition) is 3. The molecule has 1 unspecified atom stereocenters. The van der Waals surface area contributed by atoms with E-state index >= 15 is 0 Å². The monoisotopic (exact) mass is 304 g/mol. The molecule has 0 aliphatic heterocycles. The smallest absolute Gasteiger partial charge is 0.319 e. The van der Waals surface area contributed by atoms with Crippen LogP contribution in [0.1, 0.15) is 30.5 Å². The lowest BCUT2D eigenvalue weighted by atomic mass is 10.1. The minimum absolute atomic E-state index is 0.224. The summed E-state index contributed by atoms with van der Waals surface area (Å²) in [5.74, 6) is 0. The van der Waals surface area contributed by atoms with Crippen LogP contribution in [0.2, 0.25) is 0 Å². The van der Waals surface area contributed by atoms with Gasteiger partial charge in [-0.1, -0.05) is 19.1 Å². The fraction of sp³-hybridized carbons (Fsp3) is 0.333. The van der Waals surface area contributed by atoms with Gasteiger partial charge in [0.1, 0.15) is 5.01 Å². The van der Waals surface area contributed by atoms with E-state index in [0.29, 0.717) is 6.54 Å². The van der Waals surface area contributed by atoms with Crippen molar-refractivity contribution >= 4 is 23.1 Å².